The Kier molecular flexibility index (Phi) is 5.86. The third-order valence-electron chi connectivity index (χ3n) is 5.42. The van der Waals surface area contributed by atoms with Gasteiger partial charge in [-0.15, -0.1) is 11.3 Å². The molecule has 2 heterocycles. The molecule has 4 aromatic rings. The molecule has 172 valence electrons. The van der Waals surface area contributed by atoms with Crippen LogP contribution in [-0.2, 0) is 14.8 Å². The summed E-state index contributed by atoms with van der Waals surface area (Å²) in [5, 5.41) is 6.29. The van der Waals surface area contributed by atoms with Crippen LogP contribution in [0.25, 0.3) is 20.8 Å². The van der Waals surface area contributed by atoms with E-state index in [0.717, 1.165) is 25.1 Å². The number of amides is 2. The number of hydrogen-bond acceptors (Lipinski definition) is 6. The molecule has 34 heavy (non-hydrogen) atoms. The van der Waals surface area contributed by atoms with Crippen molar-refractivity contribution in [1.29, 1.82) is 0 Å². The van der Waals surface area contributed by atoms with Crippen LogP contribution in [0.15, 0.2) is 77.7 Å². The largest absolute Gasteiger partial charge is 0.354 e. The summed E-state index contributed by atoms with van der Waals surface area (Å²) in [6.45, 7) is 0.205. The van der Waals surface area contributed by atoms with E-state index in [1.807, 2.05) is 36.4 Å². The highest BCUT2D eigenvalue weighted by Gasteiger charge is 2.29. The number of sulfonamides is 1. The zero-order valence-electron chi connectivity index (χ0n) is 17.9. The van der Waals surface area contributed by atoms with E-state index in [0.29, 0.717) is 5.69 Å². The summed E-state index contributed by atoms with van der Waals surface area (Å²) in [5.41, 5.74) is 2.67. The summed E-state index contributed by atoms with van der Waals surface area (Å²) >= 11 is 1.60. The van der Waals surface area contributed by atoms with Crippen molar-refractivity contribution in [2.45, 2.75) is 4.90 Å². The molecule has 3 aromatic carbocycles. The molecule has 1 saturated heterocycles. The highest BCUT2D eigenvalue weighted by atomic mass is 32.2. The minimum atomic E-state index is -3.88. The first-order chi connectivity index (χ1) is 16.4. The monoisotopic (exact) mass is 492 g/mol. The summed E-state index contributed by atoms with van der Waals surface area (Å²) in [5.74, 6) is -0.779. The first kappa shape index (κ1) is 22.2. The number of carbonyl (C=O) groups is 2. The van der Waals surface area contributed by atoms with Gasteiger partial charge in [0.15, 0.2) is 0 Å². The van der Waals surface area contributed by atoms with Gasteiger partial charge in [-0.05, 0) is 54.6 Å². The molecule has 5 rings (SSSR count). The fourth-order valence-corrected chi connectivity index (χ4v) is 6.08. The topological polar surface area (TPSA) is 108 Å². The van der Waals surface area contributed by atoms with Gasteiger partial charge in [0.2, 0.25) is 15.9 Å². The quantitative estimate of drug-likeness (QED) is 0.444. The molecular weight excluding hydrogens is 472 g/mol. The van der Waals surface area contributed by atoms with Gasteiger partial charge in [0.1, 0.15) is 5.01 Å². The van der Waals surface area contributed by atoms with Gasteiger partial charge in [0.25, 0.3) is 5.91 Å². The number of carbonyl (C=O) groups excluding carboxylic acids is 2. The molecule has 1 aromatic heterocycles. The minimum Gasteiger partial charge on any atom is -0.354 e. The van der Waals surface area contributed by atoms with Crippen LogP contribution >= 0.6 is 11.3 Å². The molecule has 0 spiro atoms. The third-order valence-corrected chi connectivity index (χ3v) is 8.35. The van der Waals surface area contributed by atoms with Gasteiger partial charge in [0.05, 0.1) is 21.7 Å². The van der Waals surface area contributed by atoms with Gasteiger partial charge in [-0.2, -0.15) is 4.31 Å². The number of rotatable bonds is 5. The van der Waals surface area contributed by atoms with Gasteiger partial charge in [-0.3, -0.25) is 9.59 Å². The van der Waals surface area contributed by atoms with Crippen LogP contribution in [0.4, 0.5) is 5.69 Å². The lowest BCUT2D eigenvalue weighted by Gasteiger charge is -2.26. The SMILES string of the molecule is O=C1CN(S(=O)(=O)c2cccc(C(=O)Nc3ccc(-c4nc5ccccc5s4)cc3)c2)CCN1. The van der Waals surface area contributed by atoms with Crippen molar-refractivity contribution in [2.75, 3.05) is 25.0 Å². The Balaban J connectivity index is 1.32. The van der Waals surface area contributed by atoms with Gasteiger partial charge in [-0.25, -0.2) is 13.4 Å². The number of piperazine rings is 1. The molecular formula is C24H20N4O4S2. The summed E-state index contributed by atoms with van der Waals surface area (Å²) < 4.78 is 28.0. The first-order valence-electron chi connectivity index (χ1n) is 10.5. The summed E-state index contributed by atoms with van der Waals surface area (Å²) in [7, 11) is -3.88. The number of fused-ring (bicyclic) bond motifs is 1. The van der Waals surface area contributed by atoms with Crippen LogP contribution in [0.3, 0.4) is 0 Å². The lowest BCUT2D eigenvalue weighted by Crippen LogP contribution is -2.49. The van der Waals surface area contributed by atoms with E-state index in [1.165, 1.54) is 18.2 Å². The van der Waals surface area contributed by atoms with Gasteiger partial charge in [-0.1, -0.05) is 18.2 Å². The Morgan fingerprint density at radius 1 is 1.03 bits per heavy atom. The maximum Gasteiger partial charge on any atom is 0.255 e. The molecule has 8 nitrogen and oxygen atoms in total. The van der Waals surface area contributed by atoms with Crippen molar-refractivity contribution >= 4 is 49.1 Å². The summed E-state index contributed by atoms with van der Waals surface area (Å²) in [4.78, 5) is 29.0. The van der Waals surface area contributed by atoms with Crippen molar-refractivity contribution in [3.8, 4) is 10.6 Å². The number of benzene rings is 3. The van der Waals surface area contributed by atoms with Crippen LogP contribution in [0.5, 0.6) is 0 Å². The second-order valence-corrected chi connectivity index (χ2v) is 10.7. The molecule has 0 radical (unpaired) electrons. The predicted octanol–water partition coefficient (Wildman–Crippen LogP) is 3.34. The number of aromatic nitrogens is 1. The number of thiazole rings is 1. The van der Waals surface area contributed by atoms with E-state index >= 15 is 0 Å². The second kappa shape index (κ2) is 8.98. The average molecular weight is 493 g/mol. The predicted molar refractivity (Wildman–Crippen MR) is 131 cm³/mol. The van der Waals surface area contributed by atoms with Crippen molar-refractivity contribution in [3.05, 3.63) is 78.4 Å². The molecule has 0 saturated carbocycles. The highest BCUT2D eigenvalue weighted by Crippen LogP contribution is 2.30. The molecule has 2 amide bonds. The molecule has 1 aliphatic heterocycles. The van der Waals surface area contributed by atoms with E-state index in [-0.39, 0.29) is 36.0 Å². The number of nitrogens with one attached hydrogen (secondary N) is 2. The van der Waals surface area contributed by atoms with Crippen LogP contribution < -0.4 is 10.6 Å². The summed E-state index contributed by atoms with van der Waals surface area (Å²) in [6, 6.07) is 21.1. The van der Waals surface area contributed by atoms with Gasteiger partial charge < -0.3 is 10.6 Å². The van der Waals surface area contributed by atoms with E-state index in [4.69, 9.17) is 0 Å². The zero-order chi connectivity index (χ0) is 23.7. The van der Waals surface area contributed by atoms with Crippen LogP contribution in [0.1, 0.15) is 10.4 Å². The lowest BCUT2D eigenvalue weighted by atomic mass is 10.2. The molecule has 1 fully saturated rings. The van der Waals surface area contributed by atoms with E-state index in [9.17, 15) is 18.0 Å². The van der Waals surface area contributed by atoms with Crippen molar-refractivity contribution in [3.63, 3.8) is 0 Å². The van der Waals surface area contributed by atoms with E-state index in [1.54, 1.807) is 29.5 Å². The van der Waals surface area contributed by atoms with Crippen molar-refractivity contribution in [1.82, 2.24) is 14.6 Å². The molecule has 10 heteroatoms. The molecule has 0 aliphatic carbocycles. The Hall–Kier alpha value is -3.60. The minimum absolute atomic E-state index is 0.0268. The Bertz CT molecular complexity index is 1460. The highest BCUT2D eigenvalue weighted by molar-refractivity contribution is 7.89. The molecule has 0 bridgehead atoms. The average Bonchev–Trinajstić information content (AvgIpc) is 3.29. The maximum atomic E-state index is 12.9. The number of hydrogen-bond donors (Lipinski definition) is 2. The fourth-order valence-electron chi connectivity index (χ4n) is 3.66. The normalized spacial score (nSPS) is 14.6. The number of anilines is 1. The maximum absolute atomic E-state index is 12.9. The smallest absolute Gasteiger partial charge is 0.255 e. The standard InChI is InChI=1S/C24H20N4O4S2/c29-22-15-28(13-12-25-22)34(31,32)19-5-3-4-17(14-19)23(30)26-18-10-8-16(9-11-18)24-27-20-6-1-2-7-21(20)33-24/h1-11,14H,12-13,15H2,(H,25,29)(H,26,30). The fraction of sp³-hybridized carbons (Fsp3) is 0.125. The number of para-hydroxylation sites is 1. The molecule has 0 atom stereocenters. The Morgan fingerprint density at radius 3 is 2.59 bits per heavy atom. The van der Waals surface area contributed by atoms with Crippen molar-refractivity contribution in [2.24, 2.45) is 0 Å². The second-order valence-electron chi connectivity index (χ2n) is 7.73. The van der Waals surface area contributed by atoms with Crippen LogP contribution in [0, 0.1) is 0 Å². The van der Waals surface area contributed by atoms with E-state index in [2.05, 4.69) is 15.6 Å². The van der Waals surface area contributed by atoms with Gasteiger partial charge in [0, 0.05) is 29.9 Å². The lowest BCUT2D eigenvalue weighted by molar-refractivity contribution is -0.122. The molecule has 1 aliphatic rings. The zero-order valence-corrected chi connectivity index (χ0v) is 19.5. The Morgan fingerprint density at radius 2 is 1.82 bits per heavy atom. The van der Waals surface area contributed by atoms with Crippen LogP contribution in [0.2, 0.25) is 0 Å². The van der Waals surface area contributed by atoms with E-state index < -0.39 is 15.9 Å². The van der Waals surface area contributed by atoms with Gasteiger partial charge >= 0.3 is 0 Å². The first-order valence-corrected chi connectivity index (χ1v) is 12.8. The number of nitrogens with zero attached hydrogens (tertiary/aromatic N) is 2. The van der Waals surface area contributed by atoms with Crippen molar-refractivity contribution < 1.29 is 18.0 Å². The molecule has 0 unspecified atom stereocenters. The van der Waals surface area contributed by atoms with Crippen LogP contribution in [-0.4, -0.2) is 49.2 Å². The summed E-state index contributed by atoms with van der Waals surface area (Å²) in [6.07, 6.45) is 0. The Labute approximate surface area is 200 Å². The molecule has 2 N–H and O–H groups in total. The third kappa shape index (κ3) is 4.43.